The van der Waals surface area contributed by atoms with Crippen molar-refractivity contribution in [2.24, 2.45) is 0 Å². The molecule has 0 heterocycles. The van der Waals surface area contributed by atoms with Gasteiger partial charge in [0.15, 0.2) is 17.3 Å². The lowest BCUT2D eigenvalue weighted by Crippen LogP contribution is -1.98. The summed E-state index contributed by atoms with van der Waals surface area (Å²) in [7, 11) is 6.01. The predicted octanol–water partition coefficient (Wildman–Crippen LogP) is 3.32. The van der Waals surface area contributed by atoms with E-state index in [1.807, 2.05) is 0 Å². The van der Waals surface area contributed by atoms with Gasteiger partial charge in [-0.15, -0.1) is 0 Å². The standard InChI is InChI=1S/C19H20O6/c1-22-13-7-5-12(17(9-13)23-2)6-8-15(20)14-10-18(24-3)19(25-4)11-16(14)21/h5-11,21H,1-4H3. The van der Waals surface area contributed by atoms with Crippen molar-refractivity contribution in [3.8, 4) is 28.7 Å². The summed E-state index contributed by atoms with van der Waals surface area (Å²) >= 11 is 0. The third-order valence-electron chi connectivity index (χ3n) is 3.62. The second-order valence-electron chi connectivity index (χ2n) is 5.03. The van der Waals surface area contributed by atoms with E-state index in [4.69, 9.17) is 18.9 Å². The van der Waals surface area contributed by atoms with E-state index in [1.165, 1.54) is 39.5 Å². The molecule has 0 aliphatic heterocycles. The highest BCUT2D eigenvalue weighted by molar-refractivity contribution is 6.09. The highest BCUT2D eigenvalue weighted by Crippen LogP contribution is 2.34. The van der Waals surface area contributed by atoms with Gasteiger partial charge in [-0.1, -0.05) is 0 Å². The van der Waals surface area contributed by atoms with Crippen LogP contribution >= 0.6 is 0 Å². The summed E-state index contributed by atoms with van der Waals surface area (Å²) in [6, 6.07) is 8.04. The van der Waals surface area contributed by atoms with Crippen LogP contribution in [0.3, 0.4) is 0 Å². The van der Waals surface area contributed by atoms with Crippen LogP contribution in [0.4, 0.5) is 0 Å². The van der Waals surface area contributed by atoms with Gasteiger partial charge in [-0.3, -0.25) is 4.79 Å². The molecule has 1 N–H and O–H groups in total. The Morgan fingerprint density at radius 2 is 1.52 bits per heavy atom. The summed E-state index contributed by atoms with van der Waals surface area (Å²) in [6.07, 6.45) is 2.96. The summed E-state index contributed by atoms with van der Waals surface area (Å²) in [5.74, 6) is 1.36. The fourth-order valence-corrected chi connectivity index (χ4v) is 2.28. The molecular formula is C19H20O6. The van der Waals surface area contributed by atoms with Crippen molar-refractivity contribution < 1.29 is 28.8 Å². The molecule has 0 saturated carbocycles. The molecule has 0 amide bonds. The molecule has 6 nitrogen and oxygen atoms in total. The highest BCUT2D eigenvalue weighted by atomic mass is 16.5. The molecule has 0 saturated heterocycles. The summed E-state index contributed by atoms with van der Waals surface area (Å²) in [4.78, 5) is 12.4. The van der Waals surface area contributed by atoms with Gasteiger partial charge in [0, 0.05) is 17.7 Å². The van der Waals surface area contributed by atoms with E-state index in [2.05, 4.69) is 0 Å². The van der Waals surface area contributed by atoms with Crippen molar-refractivity contribution in [2.45, 2.75) is 0 Å². The molecule has 2 rings (SSSR count). The molecule has 0 spiro atoms. The van der Waals surface area contributed by atoms with Gasteiger partial charge in [-0.05, 0) is 30.4 Å². The predicted molar refractivity (Wildman–Crippen MR) is 94.1 cm³/mol. The Bertz CT molecular complexity index is 795. The molecule has 0 atom stereocenters. The minimum atomic E-state index is -0.378. The molecule has 0 aliphatic carbocycles. The minimum absolute atomic E-state index is 0.112. The largest absolute Gasteiger partial charge is 0.507 e. The topological polar surface area (TPSA) is 74.2 Å². The van der Waals surface area contributed by atoms with Crippen molar-refractivity contribution >= 4 is 11.9 Å². The smallest absolute Gasteiger partial charge is 0.189 e. The molecule has 0 aliphatic rings. The zero-order valence-electron chi connectivity index (χ0n) is 14.5. The first-order valence-corrected chi connectivity index (χ1v) is 7.43. The van der Waals surface area contributed by atoms with Crippen molar-refractivity contribution in [1.29, 1.82) is 0 Å². The number of methoxy groups -OCH3 is 4. The summed E-state index contributed by atoms with van der Waals surface area (Å²) in [6.45, 7) is 0. The quantitative estimate of drug-likeness (QED) is 0.613. The number of allylic oxidation sites excluding steroid dienone is 1. The van der Waals surface area contributed by atoms with E-state index >= 15 is 0 Å². The van der Waals surface area contributed by atoms with Gasteiger partial charge in [0.05, 0.1) is 34.0 Å². The Morgan fingerprint density at radius 3 is 2.12 bits per heavy atom. The van der Waals surface area contributed by atoms with Crippen molar-refractivity contribution in [3.05, 3.63) is 47.5 Å². The van der Waals surface area contributed by atoms with Crippen LogP contribution in [0, 0.1) is 0 Å². The van der Waals surface area contributed by atoms with Gasteiger partial charge in [-0.2, -0.15) is 0 Å². The zero-order valence-corrected chi connectivity index (χ0v) is 14.5. The Kier molecular flexibility index (Phi) is 5.89. The molecule has 0 unspecified atom stereocenters. The number of carbonyl (C=O) groups is 1. The minimum Gasteiger partial charge on any atom is -0.507 e. The van der Waals surface area contributed by atoms with Gasteiger partial charge in [-0.25, -0.2) is 0 Å². The third-order valence-corrected chi connectivity index (χ3v) is 3.62. The maximum Gasteiger partial charge on any atom is 0.189 e. The van der Waals surface area contributed by atoms with Gasteiger partial charge >= 0.3 is 0 Å². The van der Waals surface area contributed by atoms with Gasteiger partial charge in [0.2, 0.25) is 0 Å². The molecule has 2 aromatic rings. The van der Waals surface area contributed by atoms with E-state index < -0.39 is 0 Å². The van der Waals surface area contributed by atoms with Gasteiger partial charge in [0.25, 0.3) is 0 Å². The number of aromatic hydroxyl groups is 1. The van der Waals surface area contributed by atoms with Crippen LogP contribution in [0.15, 0.2) is 36.4 Å². The van der Waals surface area contributed by atoms with E-state index in [9.17, 15) is 9.90 Å². The molecule has 6 heteroatoms. The van der Waals surface area contributed by atoms with Crippen LogP contribution in [0.2, 0.25) is 0 Å². The fraction of sp³-hybridized carbons (Fsp3) is 0.211. The second kappa shape index (κ2) is 8.10. The molecule has 0 radical (unpaired) electrons. The summed E-state index contributed by atoms with van der Waals surface area (Å²) in [5.41, 5.74) is 0.818. The normalized spacial score (nSPS) is 10.6. The number of ketones is 1. The lowest BCUT2D eigenvalue weighted by molar-refractivity contribution is 0.104. The number of hydrogen-bond donors (Lipinski definition) is 1. The molecule has 0 bridgehead atoms. The number of phenols is 1. The summed E-state index contributed by atoms with van der Waals surface area (Å²) in [5, 5.41) is 10.0. The Balaban J connectivity index is 2.32. The van der Waals surface area contributed by atoms with E-state index in [1.54, 1.807) is 31.4 Å². The molecule has 0 aromatic heterocycles. The first-order valence-electron chi connectivity index (χ1n) is 7.43. The third kappa shape index (κ3) is 4.03. The van der Waals surface area contributed by atoms with Gasteiger partial charge < -0.3 is 24.1 Å². The van der Waals surface area contributed by atoms with Crippen LogP contribution in [0.1, 0.15) is 15.9 Å². The zero-order chi connectivity index (χ0) is 18.4. The molecule has 0 fully saturated rings. The van der Waals surface area contributed by atoms with E-state index in [0.717, 1.165) is 0 Å². The fourth-order valence-electron chi connectivity index (χ4n) is 2.28. The number of hydrogen-bond acceptors (Lipinski definition) is 6. The van der Waals surface area contributed by atoms with Crippen molar-refractivity contribution in [1.82, 2.24) is 0 Å². The Hall–Kier alpha value is -3.15. The summed E-state index contributed by atoms with van der Waals surface area (Å²) < 4.78 is 20.7. The SMILES string of the molecule is COc1ccc(C=CC(=O)c2cc(OC)c(OC)cc2O)c(OC)c1. The maximum absolute atomic E-state index is 12.4. The van der Waals surface area contributed by atoms with Crippen molar-refractivity contribution in [3.63, 3.8) is 0 Å². The molecule has 25 heavy (non-hydrogen) atoms. The molecular weight excluding hydrogens is 324 g/mol. The maximum atomic E-state index is 12.4. The highest BCUT2D eigenvalue weighted by Gasteiger charge is 2.15. The number of carbonyl (C=O) groups excluding carboxylic acids is 1. The van der Waals surface area contributed by atoms with Crippen LogP contribution in [0.5, 0.6) is 28.7 Å². The number of ether oxygens (including phenoxy) is 4. The number of phenolic OH excluding ortho intramolecular Hbond substituents is 1. The van der Waals surface area contributed by atoms with Crippen LogP contribution in [0.25, 0.3) is 6.08 Å². The average Bonchev–Trinajstić information content (AvgIpc) is 2.65. The average molecular weight is 344 g/mol. The van der Waals surface area contributed by atoms with Crippen LogP contribution < -0.4 is 18.9 Å². The van der Waals surface area contributed by atoms with E-state index in [0.29, 0.717) is 28.6 Å². The van der Waals surface area contributed by atoms with E-state index in [-0.39, 0.29) is 17.1 Å². The Morgan fingerprint density at radius 1 is 0.880 bits per heavy atom. The lowest BCUT2D eigenvalue weighted by atomic mass is 10.1. The van der Waals surface area contributed by atoms with Crippen molar-refractivity contribution in [2.75, 3.05) is 28.4 Å². The van der Waals surface area contributed by atoms with Crippen LogP contribution in [-0.2, 0) is 0 Å². The number of rotatable bonds is 7. The second-order valence-corrected chi connectivity index (χ2v) is 5.03. The number of benzene rings is 2. The molecule has 132 valence electrons. The first-order chi connectivity index (χ1) is 12.0. The van der Waals surface area contributed by atoms with Crippen LogP contribution in [-0.4, -0.2) is 39.3 Å². The molecule has 2 aromatic carbocycles. The first kappa shape index (κ1) is 18.2. The lowest BCUT2D eigenvalue weighted by Gasteiger charge is -2.10. The monoisotopic (exact) mass is 344 g/mol. The Labute approximate surface area is 146 Å². The van der Waals surface area contributed by atoms with Gasteiger partial charge in [0.1, 0.15) is 17.2 Å².